The number of aryl methyl sites for hydroxylation is 1. The molecule has 146 valence electrons. The fourth-order valence-electron chi connectivity index (χ4n) is 3.57. The quantitative estimate of drug-likeness (QED) is 0.733. The van der Waals surface area contributed by atoms with E-state index in [9.17, 15) is 9.18 Å². The molecule has 1 N–H and O–H groups in total. The van der Waals surface area contributed by atoms with Gasteiger partial charge in [0.15, 0.2) is 11.5 Å². The van der Waals surface area contributed by atoms with Crippen molar-refractivity contribution in [3.05, 3.63) is 65.6 Å². The third-order valence-electron chi connectivity index (χ3n) is 4.94. The number of carbonyl (C=O) groups is 1. The van der Waals surface area contributed by atoms with Crippen molar-refractivity contribution in [1.82, 2.24) is 9.97 Å². The molecule has 0 radical (unpaired) electrons. The number of hydrogen-bond donors (Lipinski definition) is 1. The van der Waals surface area contributed by atoms with Crippen molar-refractivity contribution in [2.75, 3.05) is 23.6 Å². The number of ether oxygens (including phenoxy) is 2. The number of nitrogens with zero attached hydrogens (tertiary/aromatic N) is 3. The first-order chi connectivity index (χ1) is 14.2. The standard InChI is InChI=1S/C21H17FN4O3/c22-15-4-5-16-13(10-15)2-1-9-26(16)19-7-8-23-21(24-19)25-20(27)14-3-6-17-18(11-14)29-12-28-17/h3-8,10-11H,1-2,9,12H2,(H,23,24,25,27). The van der Waals surface area contributed by atoms with Crippen LogP contribution < -0.4 is 19.7 Å². The summed E-state index contributed by atoms with van der Waals surface area (Å²) in [6.07, 6.45) is 3.30. The van der Waals surface area contributed by atoms with Gasteiger partial charge in [0.05, 0.1) is 0 Å². The summed E-state index contributed by atoms with van der Waals surface area (Å²) in [5, 5.41) is 2.72. The van der Waals surface area contributed by atoms with E-state index in [2.05, 4.69) is 15.3 Å². The van der Waals surface area contributed by atoms with Crippen LogP contribution in [0.3, 0.4) is 0 Å². The number of aromatic nitrogens is 2. The van der Waals surface area contributed by atoms with Crippen molar-refractivity contribution in [2.45, 2.75) is 12.8 Å². The molecule has 3 heterocycles. The summed E-state index contributed by atoms with van der Waals surface area (Å²) < 4.78 is 24.1. The average molecular weight is 392 g/mol. The molecule has 0 atom stereocenters. The summed E-state index contributed by atoms with van der Waals surface area (Å²) in [7, 11) is 0. The van der Waals surface area contributed by atoms with Crippen LogP contribution in [0.4, 0.5) is 21.8 Å². The molecule has 0 saturated heterocycles. The lowest BCUT2D eigenvalue weighted by atomic mass is 10.0. The van der Waals surface area contributed by atoms with Gasteiger partial charge in [-0.2, -0.15) is 4.98 Å². The number of anilines is 3. The minimum absolute atomic E-state index is 0.146. The molecule has 0 saturated carbocycles. The zero-order valence-corrected chi connectivity index (χ0v) is 15.4. The van der Waals surface area contributed by atoms with E-state index >= 15 is 0 Å². The van der Waals surface area contributed by atoms with Gasteiger partial charge in [0.1, 0.15) is 11.6 Å². The van der Waals surface area contributed by atoms with Crippen molar-refractivity contribution in [3.8, 4) is 11.5 Å². The van der Waals surface area contributed by atoms with Crippen LogP contribution in [0, 0.1) is 5.82 Å². The molecule has 1 amide bonds. The van der Waals surface area contributed by atoms with E-state index in [4.69, 9.17) is 9.47 Å². The number of benzene rings is 2. The molecule has 2 aliphatic heterocycles. The first-order valence-electron chi connectivity index (χ1n) is 9.27. The molecule has 0 bridgehead atoms. The molecule has 0 spiro atoms. The predicted molar refractivity (Wildman–Crippen MR) is 104 cm³/mol. The minimum atomic E-state index is -0.346. The highest BCUT2D eigenvalue weighted by Crippen LogP contribution is 2.34. The van der Waals surface area contributed by atoms with Crippen LogP contribution in [-0.2, 0) is 6.42 Å². The minimum Gasteiger partial charge on any atom is -0.454 e. The van der Waals surface area contributed by atoms with E-state index in [1.165, 1.54) is 6.07 Å². The lowest BCUT2D eigenvalue weighted by molar-refractivity contribution is 0.102. The lowest BCUT2D eigenvalue weighted by Crippen LogP contribution is -2.26. The third-order valence-corrected chi connectivity index (χ3v) is 4.94. The molecule has 5 rings (SSSR count). The van der Waals surface area contributed by atoms with Crippen LogP contribution in [0.2, 0.25) is 0 Å². The molecule has 2 aromatic carbocycles. The Kier molecular flexibility index (Phi) is 4.23. The van der Waals surface area contributed by atoms with Gasteiger partial charge in [0.2, 0.25) is 12.7 Å². The molecular formula is C21H17FN4O3. The Morgan fingerprint density at radius 1 is 1.10 bits per heavy atom. The molecule has 29 heavy (non-hydrogen) atoms. The Morgan fingerprint density at radius 2 is 2.00 bits per heavy atom. The largest absolute Gasteiger partial charge is 0.454 e. The first-order valence-corrected chi connectivity index (χ1v) is 9.27. The summed E-state index contributed by atoms with van der Waals surface area (Å²) in [5.41, 5.74) is 2.28. The molecule has 2 aliphatic rings. The summed E-state index contributed by atoms with van der Waals surface area (Å²) in [5.74, 6) is 1.39. The molecule has 1 aromatic heterocycles. The molecule has 0 aliphatic carbocycles. The van der Waals surface area contributed by atoms with Gasteiger partial charge in [-0.15, -0.1) is 0 Å². The fourth-order valence-corrected chi connectivity index (χ4v) is 3.57. The van der Waals surface area contributed by atoms with Crippen LogP contribution >= 0.6 is 0 Å². The maximum absolute atomic E-state index is 13.6. The molecule has 3 aromatic rings. The Hall–Kier alpha value is -3.68. The Balaban J connectivity index is 1.39. The second-order valence-electron chi connectivity index (χ2n) is 6.79. The van der Waals surface area contributed by atoms with E-state index < -0.39 is 0 Å². The highest BCUT2D eigenvalue weighted by atomic mass is 19.1. The number of hydrogen-bond acceptors (Lipinski definition) is 6. The van der Waals surface area contributed by atoms with E-state index in [0.29, 0.717) is 22.9 Å². The number of halogens is 1. The smallest absolute Gasteiger partial charge is 0.258 e. The number of nitrogens with one attached hydrogen (secondary N) is 1. The fraction of sp³-hybridized carbons (Fsp3) is 0.190. The molecule has 0 unspecified atom stereocenters. The maximum atomic E-state index is 13.6. The van der Waals surface area contributed by atoms with E-state index in [1.807, 2.05) is 4.90 Å². The van der Waals surface area contributed by atoms with Crippen LogP contribution in [0.25, 0.3) is 0 Å². The monoisotopic (exact) mass is 392 g/mol. The van der Waals surface area contributed by atoms with Gasteiger partial charge in [-0.3, -0.25) is 10.1 Å². The normalized spacial score (nSPS) is 14.4. The highest BCUT2D eigenvalue weighted by molar-refractivity contribution is 6.03. The number of amides is 1. The molecule has 8 heteroatoms. The third kappa shape index (κ3) is 3.33. The molecular weight excluding hydrogens is 375 g/mol. The van der Waals surface area contributed by atoms with Gasteiger partial charge in [-0.25, -0.2) is 9.37 Å². The zero-order valence-electron chi connectivity index (χ0n) is 15.4. The van der Waals surface area contributed by atoms with Crippen molar-refractivity contribution in [1.29, 1.82) is 0 Å². The highest BCUT2D eigenvalue weighted by Gasteiger charge is 2.21. The van der Waals surface area contributed by atoms with Crippen molar-refractivity contribution in [3.63, 3.8) is 0 Å². The van der Waals surface area contributed by atoms with Gasteiger partial charge < -0.3 is 14.4 Å². The van der Waals surface area contributed by atoms with Crippen molar-refractivity contribution >= 4 is 23.4 Å². The Labute approximate surface area is 166 Å². The molecule has 0 fully saturated rings. The van der Waals surface area contributed by atoms with Gasteiger partial charge in [-0.1, -0.05) is 0 Å². The van der Waals surface area contributed by atoms with Crippen LogP contribution in [0.5, 0.6) is 11.5 Å². The van der Waals surface area contributed by atoms with E-state index in [0.717, 1.165) is 30.6 Å². The topological polar surface area (TPSA) is 76.6 Å². The predicted octanol–water partition coefficient (Wildman–Crippen LogP) is 3.68. The van der Waals surface area contributed by atoms with E-state index in [-0.39, 0.29) is 24.5 Å². The Morgan fingerprint density at radius 3 is 2.93 bits per heavy atom. The molecule has 7 nitrogen and oxygen atoms in total. The second-order valence-corrected chi connectivity index (χ2v) is 6.79. The Bertz CT molecular complexity index is 1110. The van der Waals surface area contributed by atoms with Gasteiger partial charge in [-0.05, 0) is 60.9 Å². The summed E-state index contributed by atoms with van der Waals surface area (Å²) in [6, 6.07) is 11.5. The lowest BCUT2D eigenvalue weighted by Gasteiger charge is -2.30. The van der Waals surface area contributed by atoms with Crippen molar-refractivity contribution < 1.29 is 18.7 Å². The van der Waals surface area contributed by atoms with Crippen LogP contribution in [0.1, 0.15) is 22.3 Å². The number of rotatable bonds is 3. The summed E-state index contributed by atoms with van der Waals surface area (Å²) >= 11 is 0. The van der Waals surface area contributed by atoms with Gasteiger partial charge >= 0.3 is 0 Å². The van der Waals surface area contributed by atoms with Crippen LogP contribution in [-0.4, -0.2) is 29.2 Å². The van der Waals surface area contributed by atoms with Gasteiger partial charge in [0, 0.05) is 24.0 Å². The number of fused-ring (bicyclic) bond motifs is 2. The summed E-state index contributed by atoms with van der Waals surface area (Å²) in [4.78, 5) is 23.3. The van der Waals surface area contributed by atoms with E-state index in [1.54, 1.807) is 42.6 Å². The van der Waals surface area contributed by atoms with Crippen molar-refractivity contribution in [2.24, 2.45) is 0 Å². The summed E-state index contributed by atoms with van der Waals surface area (Å²) in [6.45, 7) is 0.901. The average Bonchev–Trinajstić information content (AvgIpc) is 3.21. The zero-order chi connectivity index (χ0) is 19.8. The SMILES string of the molecule is O=C(Nc1nccc(N2CCCc3cc(F)ccc32)n1)c1ccc2c(c1)OCO2. The van der Waals surface area contributed by atoms with Gasteiger partial charge in [0.25, 0.3) is 5.91 Å². The second kappa shape index (κ2) is 7.05. The van der Waals surface area contributed by atoms with Crippen LogP contribution in [0.15, 0.2) is 48.7 Å². The number of carbonyl (C=O) groups excluding carboxylic acids is 1. The maximum Gasteiger partial charge on any atom is 0.258 e. The first kappa shape index (κ1) is 17.4.